The number of nitrogens with zero attached hydrogens (tertiary/aromatic N) is 2. The second-order valence-electron chi connectivity index (χ2n) is 6.16. The van der Waals surface area contributed by atoms with Gasteiger partial charge in [-0.25, -0.2) is 12.8 Å². The molecule has 1 aromatic heterocycles. The van der Waals surface area contributed by atoms with Gasteiger partial charge in [-0.3, -0.25) is 4.72 Å². The molecule has 0 atom stereocenters. The van der Waals surface area contributed by atoms with E-state index < -0.39 is 15.8 Å². The van der Waals surface area contributed by atoms with Crippen LogP contribution in [-0.2, 0) is 16.6 Å². The first-order chi connectivity index (χ1) is 12.8. The smallest absolute Gasteiger partial charge is 0.263 e. The molecule has 0 amide bonds. The molecule has 0 aliphatic carbocycles. The van der Waals surface area contributed by atoms with E-state index in [1.54, 1.807) is 6.07 Å². The summed E-state index contributed by atoms with van der Waals surface area (Å²) < 4.78 is 40.4. The van der Waals surface area contributed by atoms with Crippen LogP contribution in [0.3, 0.4) is 0 Å². The Balaban J connectivity index is 1.66. The maximum atomic E-state index is 13.3. The highest BCUT2D eigenvalue weighted by atomic mass is 32.2. The minimum Gasteiger partial charge on any atom is -0.365 e. The number of halogens is 1. The first kappa shape index (κ1) is 18.8. The van der Waals surface area contributed by atoms with Gasteiger partial charge < -0.3 is 5.32 Å². The summed E-state index contributed by atoms with van der Waals surface area (Å²) in [6.45, 7) is 4.10. The molecule has 2 aromatic carbocycles. The van der Waals surface area contributed by atoms with E-state index in [-0.39, 0.29) is 16.3 Å². The number of benzene rings is 2. The van der Waals surface area contributed by atoms with Crippen LogP contribution in [0, 0.1) is 19.7 Å². The normalized spacial score (nSPS) is 11.2. The molecule has 0 aliphatic rings. The minimum absolute atomic E-state index is 0.0372. The fourth-order valence-corrected chi connectivity index (χ4v) is 3.44. The zero-order valence-corrected chi connectivity index (χ0v) is 15.7. The zero-order valence-electron chi connectivity index (χ0n) is 14.9. The van der Waals surface area contributed by atoms with Crippen LogP contribution >= 0.6 is 0 Å². The number of aryl methyl sites for hydroxylation is 2. The molecule has 0 aliphatic heterocycles. The number of hydrogen-bond acceptors (Lipinski definition) is 5. The van der Waals surface area contributed by atoms with Crippen molar-refractivity contribution < 1.29 is 12.8 Å². The van der Waals surface area contributed by atoms with Crippen LogP contribution in [0.1, 0.15) is 16.7 Å². The van der Waals surface area contributed by atoms with Crippen LogP contribution < -0.4 is 10.0 Å². The Kier molecular flexibility index (Phi) is 5.36. The lowest BCUT2D eigenvalue weighted by atomic mass is 10.1. The molecule has 2 N–H and O–H groups in total. The van der Waals surface area contributed by atoms with Crippen molar-refractivity contribution in [1.82, 2.24) is 10.2 Å². The van der Waals surface area contributed by atoms with E-state index in [9.17, 15) is 12.8 Å². The first-order valence-electron chi connectivity index (χ1n) is 8.25. The van der Waals surface area contributed by atoms with E-state index >= 15 is 0 Å². The number of aromatic nitrogens is 2. The van der Waals surface area contributed by atoms with E-state index in [0.29, 0.717) is 12.4 Å². The predicted octanol–water partition coefficient (Wildman–Crippen LogP) is 3.65. The van der Waals surface area contributed by atoms with Gasteiger partial charge in [0.25, 0.3) is 10.0 Å². The summed E-state index contributed by atoms with van der Waals surface area (Å²) in [4.78, 5) is -0.0372. The van der Waals surface area contributed by atoms with Gasteiger partial charge in [0.05, 0.1) is 4.90 Å². The summed E-state index contributed by atoms with van der Waals surface area (Å²) in [5, 5.41) is 11.0. The van der Waals surface area contributed by atoms with Gasteiger partial charge in [-0.15, -0.1) is 10.2 Å². The van der Waals surface area contributed by atoms with Crippen molar-refractivity contribution in [3.63, 3.8) is 0 Å². The topological polar surface area (TPSA) is 84.0 Å². The SMILES string of the molecule is Cc1ccc(CNc2ccc(NS(=O)(=O)c3ccc(F)c(C)c3)nn2)cc1. The van der Waals surface area contributed by atoms with E-state index in [4.69, 9.17) is 0 Å². The molecule has 0 saturated heterocycles. The third kappa shape index (κ3) is 4.79. The molecule has 140 valence electrons. The number of sulfonamides is 1. The van der Waals surface area contributed by atoms with Crippen LogP contribution in [0.15, 0.2) is 59.5 Å². The van der Waals surface area contributed by atoms with Crippen LogP contribution in [0.25, 0.3) is 0 Å². The molecule has 8 heteroatoms. The number of rotatable bonds is 6. The Morgan fingerprint density at radius 1 is 0.926 bits per heavy atom. The largest absolute Gasteiger partial charge is 0.365 e. The van der Waals surface area contributed by atoms with Gasteiger partial charge in [0.1, 0.15) is 11.6 Å². The average molecular weight is 386 g/mol. The molecule has 3 aromatic rings. The van der Waals surface area contributed by atoms with E-state index in [1.807, 2.05) is 31.2 Å². The molecule has 6 nitrogen and oxygen atoms in total. The zero-order chi connectivity index (χ0) is 19.4. The van der Waals surface area contributed by atoms with Crippen LogP contribution in [0.4, 0.5) is 16.0 Å². The average Bonchev–Trinajstić information content (AvgIpc) is 2.64. The Hall–Kier alpha value is -3.00. The van der Waals surface area contributed by atoms with Crippen molar-refractivity contribution in [2.24, 2.45) is 0 Å². The molecular formula is C19H19FN4O2S. The summed E-state index contributed by atoms with van der Waals surface area (Å²) in [5.74, 6) is 0.145. The van der Waals surface area contributed by atoms with Gasteiger partial charge in [-0.2, -0.15) is 0 Å². The highest BCUT2D eigenvalue weighted by Crippen LogP contribution is 2.18. The van der Waals surface area contributed by atoms with Crippen molar-refractivity contribution in [3.8, 4) is 0 Å². The Labute approximate surface area is 157 Å². The summed E-state index contributed by atoms with van der Waals surface area (Å²) in [7, 11) is -3.86. The Morgan fingerprint density at radius 3 is 2.22 bits per heavy atom. The minimum atomic E-state index is -3.86. The molecular weight excluding hydrogens is 367 g/mol. The quantitative estimate of drug-likeness (QED) is 0.676. The predicted molar refractivity (Wildman–Crippen MR) is 102 cm³/mol. The summed E-state index contributed by atoms with van der Waals surface area (Å²) in [6, 6.07) is 14.8. The van der Waals surface area contributed by atoms with Crippen LogP contribution in [0.5, 0.6) is 0 Å². The molecule has 1 heterocycles. The number of anilines is 2. The molecule has 27 heavy (non-hydrogen) atoms. The maximum Gasteiger partial charge on any atom is 0.263 e. The summed E-state index contributed by atoms with van der Waals surface area (Å²) >= 11 is 0. The number of nitrogens with one attached hydrogen (secondary N) is 2. The monoisotopic (exact) mass is 386 g/mol. The fourth-order valence-electron chi connectivity index (χ4n) is 2.36. The van der Waals surface area contributed by atoms with Gasteiger partial charge >= 0.3 is 0 Å². The van der Waals surface area contributed by atoms with Crippen molar-refractivity contribution in [3.05, 3.63) is 77.1 Å². The second kappa shape index (κ2) is 7.71. The van der Waals surface area contributed by atoms with Crippen molar-refractivity contribution in [2.45, 2.75) is 25.3 Å². The molecule has 0 saturated carbocycles. The molecule has 0 unspecified atom stereocenters. The molecule has 0 radical (unpaired) electrons. The summed E-state index contributed by atoms with van der Waals surface area (Å²) in [5.41, 5.74) is 2.53. The van der Waals surface area contributed by atoms with Crippen LogP contribution in [-0.4, -0.2) is 18.6 Å². The molecule has 0 spiro atoms. The molecule has 0 bridgehead atoms. The third-order valence-electron chi connectivity index (χ3n) is 3.94. The van der Waals surface area contributed by atoms with Crippen molar-refractivity contribution in [1.29, 1.82) is 0 Å². The second-order valence-corrected chi connectivity index (χ2v) is 7.84. The molecule has 0 fully saturated rings. The van der Waals surface area contributed by atoms with Gasteiger partial charge in [0.15, 0.2) is 5.82 Å². The van der Waals surface area contributed by atoms with Crippen molar-refractivity contribution >= 4 is 21.7 Å². The highest BCUT2D eigenvalue weighted by molar-refractivity contribution is 7.92. The lowest BCUT2D eigenvalue weighted by Crippen LogP contribution is -2.15. The first-order valence-corrected chi connectivity index (χ1v) is 9.74. The van der Waals surface area contributed by atoms with Gasteiger partial charge in [-0.1, -0.05) is 29.8 Å². The lowest BCUT2D eigenvalue weighted by Gasteiger charge is -2.09. The maximum absolute atomic E-state index is 13.3. The Bertz CT molecular complexity index is 1040. The highest BCUT2D eigenvalue weighted by Gasteiger charge is 2.16. The molecule has 3 rings (SSSR count). The summed E-state index contributed by atoms with van der Waals surface area (Å²) in [6.07, 6.45) is 0. The van der Waals surface area contributed by atoms with E-state index in [2.05, 4.69) is 20.2 Å². The van der Waals surface area contributed by atoms with Gasteiger partial charge in [0.2, 0.25) is 0 Å². The van der Waals surface area contributed by atoms with Gasteiger partial charge in [0, 0.05) is 6.54 Å². The lowest BCUT2D eigenvalue weighted by molar-refractivity contribution is 0.598. The third-order valence-corrected chi connectivity index (χ3v) is 5.29. The number of hydrogen-bond donors (Lipinski definition) is 2. The standard InChI is InChI=1S/C19H19FN4O2S/c1-13-3-5-15(6-4-13)12-21-18-9-10-19(23-22-18)24-27(25,26)16-7-8-17(20)14(2)11-16/h3-11H,12H2,1-2H3,(H,21,22)(H,23,24). The van der Waals surface area contributed by atoms with E-state index in [1.165, 1.54) is 30.7 Å². The van der Waals surface area contributed by atoms with Crippen molar-refractivity contribution in [2.75, 3.05) is 10.0 Å². The van der Waals surface area contributed by atoms with Crippen LogP contribution in [0.2, 0.25) is 0 Å². The Morgan fingerprint density at radius 2 is 1.59 bits per heavy atom. The van der Waals surface area contributed by atoms with Gasteiger partial charge in [-0.05, 0) is 55.3 Å². The fraction of sp³-hybridized carbons (Fsp3) is 0.158. The van der Waals surface area contributed by atoms with E-state index in [0.717, 1.165) is 11.6 Å².